The zero-order valence-corrected chi connectivity index (χ0v) is 17.7. The second-order valence-electron chi connectivity index (χ2n) is 8.05. The van der Waals surface area contributed by atoms with Crippen LogP contribution in [0.4, 0.5) is 0 Å². The molecule has 2 aromatic carbocycles. The Morgan fingerprint density at radius 1 is 1.25 bits per heavy atom. The number of hydroxylamine groups is 2. The lowest BCUT2D eigenvalue weighted by Crippen LogP contribution is -2.42. The number of nitrogens with zero attached hydrogens (tertiary/aromatic N) is 2. The predicted molar refractivity (Wildman–Crippen MR) is 112 cm³/mol. The Morgan fingerprint density at radius 2 is 2.11 bits per heavy atom. The first-order valence-electron chi connectivity index (χ1n) is 9.79. The fourth-order valence-electron chi connectivity index (χ4n) is 4.83. The van der Waals surface area contributed by atoms with Crippen molar-refractivity contribution in [3.8, 4) is 5.75 Å². The highest BCUT2D eigenvalue weighted by molar-refractivity contribution is 9.10. The predicted octanol–water partition coefficient (Wildman–Crippen LogP) is 4.37. The molecule has 2 N–H and O–H groups in total. The Bertz CT molecular complexity index is 976. The van der Waals surface area contributed by atoms with Gasteiger partial charge in [0.05, 0.1) is 5.56 Å². The average Bonchev–Trinajstić information content (AvgIpc) is 2.95. The molecule has 146 valence electrons. The fraction of sp³-hybridized carbons (Fsp3) is 0.409. The van der Waals surface area contributed by atoms with Gasteiger partial charge in [-0.2, -0.15) is 0 Å². The minimum absolute atomic E-state index is 0.0153. The van der Waals surface area contributed by atoms with E-state index in [2.05, 4.69) is 41.1 Å². The van der Waals surface area contributed by atoms with Crippen molar-refractivity contribution in [2.45, 2.75) is 50.4 Å². The molecule has 2 heterocycles. The number of benzene rings is 2. The smallest absolute Gasteiger partial charge is 0.221 e. The van der Waals surface area contributed by atoms with Crippen molar-refractivity contribution in [1.29, 1.82) is 0 Å². The van der Waals surface area contributed by atoms with E-state index in [0.29, 0.717) is 18.3 Å². The summed E-state index contributed by atoms with van der Waals surface area (Å²) in [7, 11) is 1.80. The summed E-state index contributed by atoms with van der Waals surface area (Å²) in [6, 6.07) is 12.8. The number of rotatable bonds is 1. The van der Waals surface area contributed by atoms with Crippen LogP contribution in [0.1, 0.15) is 47.4 Å². The van der Waals surface area contributed by atoms with E-state index in [1.54, 1.807) is 12.1 Å². The quantitative estimate of drug-likeness (QED) is 0.713. The maximum Gasteiger partial charge on any atom is 0.221 e. The Labute approximate surface area is 173 Å². The van der Waals surface area contributed by atoms with E-state index in [4.69, 9.17) is 20.3 Å². The van der Waals surface area contributed by atoms with Crippen molar-refractivity contribution < 1.29 is 9.57 Å². The van der Waals surface area contributed by atoms with Crippen molar-refractivity contribution in [1.82, 2.24) is 5.06 Å². The third-order valence-corrected chi connectivity index (χ3v) is 6.63. The van der Waals surface area contributed by atoms with Crippen LogP contribution >= 0.6 is 15.9 Å². The third kappa shape index (κ3) is 2.81. The number of aryl methyl sites for hydroxylation is 2. The van der Waals surface area contributed by atoms with Crippen LogP contribution < -0.4 is 10.5 Å². The van der Waals surface area contributed by atoms with Gasteiger partial charge in [-0.15, -0.1) is 0 Å². The lowest BCUT2D eigenvalue weighted by molar-refractivity contribution is -0.192. The maximum absolute atomic E-state index is 6.54. The Hall–Kier alpha value is -2.05. The second-order valence-corrected chi connectivity index (χ2v) is 8.96. The van der Waals surface area contributed by atoms with Gasteiger partial charge in [-0.25, -0.2) is 14.9 Å². The molecule has 0 fully saturated rings. The van der Waals surface area contributed by atoms with Gasteiger partial charge in [0.2, 0.25) is 11.7 Å². The zero-order chi connectivity index (χ0) is 19.5. The molecule has 0 amide bonds. The van der Waals surface area contributed by atoms with E-state index < -0.39 is 5.72 Å². The number of fused-ring (bicyclic) bond motifs is 3. The van der Waals surface area contributed by atoms with Gasteiger partial charge in [0.1, 0.15) is 11.9 Å². The van der Waals surface area contributed by atoms with Crippen LogP contribution in [0.2, 0.25) is 0 Å². The van der Waals surface area contributed by atoms with Crippen LogP contribution in [0, 0.1) is 6.92 Å². The molecule has 6 heteroatoms. The summed E-state index contributed by atoms with van der Waals surface area (Å²) in [5.41, 5.74) is 10.4. The molecule has 0 radical (unpaired) electrons. The number of halogens is 1. The van der Waals surface area contributed by atoms with E-state index in [1.165, 1.54) is 23.1 Å². The van der Waals surface area contributed by atoms with Crippen LogP contribution in [0.15, 0.2) is 45.9 Å². The molecule has 5 nitrogen and oxygen atoms in total. The monoisotopic (exact) mass is 441 g/mol. The van der Waals surface area contributed by atoms with Gasteiger partial charge in [-0.05, 0) is 55.5 Å². The number of hydrogen-bond donors (Lipinski definition) is 1. The molecule has 0 saturated heterocycles. The van der Waals surface area contributed by atoms with Gasteiger partial charge >= 0.3 is 0 Å². The highest BCUT2D eigenvalue weighted by Gasteiger charge is 2.50. The van der Waals surface area contributed by atoms with Gasteiger partial charge in [-0.3, -0.25) is 0 Å². The summed E-state index contributed by atoms with van der Waals surface area (Å²) < 4.78 is 7.51. The van der Waals surface area contributed by atoms with Gasteiger partial charge in [0, 0.05) is 23.9 Å². The molecule has 1 spiro atoms. The molecule has 5 rings (SSSR count). The second kappa shape index (κ2) is 6.49. The number of nitrogens with two attached hydrogens (primary N) is 1. The molecule has 28 heavy (non-hydrogen) atoms. The van der Waals surface area contributed by atoms with Gasteiger partial charge < -0.3 is 10.5 Å². The zero-order valence-electron chi connectivity index (χ0n) is 16.1. The van der Waals surface area contributed by atoms with Crippen LogP contribution in [-0.2, 0) is 17.0 Å². The molecule has 0 bridgehead atoms. The molecular formula is C22H24BrN3O2. The Balaban J connectivity index is 1.58. The minimum atomic E-state index is -0.830. The first-order chi connectivity index (χ1) is 13.4. The Morgan fingerprint density at radius 3 is 2.89 bits per heavy atom. The molecule has 3 aliphatic rings. The number of aliphatic imine (C=N–C) groups is 1. The lowest BCUT2D eigenvalue weighted by Gasteiger charge is -2.41. The maximum atomic E-state index is 6.54. The largest absolute Gasteiger partial charge is 0.489 e. The average molecular weight is 442 g/mol. The van der Waals surface area contributed by atoms with Gasteiger partial charge in [-0.1, -0.05) is 39.7 Å². The standard InChI is InChI=1S/C22H24BrN3O2/c1-13-6-8-16-14(10-13)4-3-5-17(16)20-12-22(25-21(24)26(2)28-22)18-11-15(23)7-9-19(18)27-20/h6-11,17,20H,3-5,12H2,1-2H3,(H2,24,25). The van der Waals surface area contributed by atoms with Crippen LogP contribution in [0.3, 0.4) is 0 Å². The number of ether oxygens (including phenoxy) is 1. The SMILES string of the molecule is Cc1ccc2c(c1)CCCC2C1CC2(N=C(N)N(C)O2)c2cc(Br)ccc2O1. The summed E-state index contributed by atoms with van der Waals surface area (Å²) in [5.74, 6) is 1.54. The summed E-state index contributed by atoms with van der Waals surface area (Å²) in [5, 5.41) is 1.56. The van der Waals surface area contributed by atoms with Crippen LogP contribution in [0.5, 0.6) is 5.75 Å². The minimum Gasteiger partial charge on any atom is -0.489 e. The first kappa shape index (κ1) is 18.0. The molecule has 0 saturated carbocycles. The summed E-state index contributed by atoms with van der Waals surface area (Å²) >= 11 is 3.57. The molecule has 3 atom stereocenters. The van der Waals surface area contributed by atoms with E-state index in [1.807, 2.05) is 18.2 Å². The number of hydrogen-bond acceptors (Lipinski definition) is 5. The van der Waals surface area contributed by atoms with Crippen molar-refractivity contribution >= 4 is 21.9 Å². The van der Waals surface area contributed by atoms with E-state index in [0.717, 1.165) is 28.6 Å². The highest BCUT2D eigenvalue weighted by Crippen LogP contribution is 2.50. The van der Waals surface area contributed by atoms with Crippen molar-refractivity contribution in [2.24, 2.45) is 10.7 Å². The van der Waals surface area contributed by atoms with E-state index in [9.17, 15) is 0 Å². The molecule has 3 unspecified atom stereocenters. The molecule has 2 aliphatic heterocycles. The summed E-state index contributed by atoms with van der Waals surface area (Å²) in [6.07, 6.45) is 4.04. The third-order valence-electron chi connectivity index (χ3n) is 6.13. The van der Waals surface area contributed by atoms with Crippen molar-refractivity contribution in [2.75, 3.05) is 7.05 Å². The molecular weight excluding hydrogens is 418 g/mol. The number of guanidine groups is 1. The van der Waals surface area contributed by atoms with E-state index >= 15 is 0 Å². The fourth-order valence-corrected chi connectivity index (χ4v) is 5.19. The Kier molecular flexibility index (Phi) is 4.18. The first-order valence-corrected chi connectivity index (χ1v) is 10.6. The van der Waals surface area contributed by atoms with Gasteiger partial charge in [0.25, 0.3) is 0 Å². The van der Waals surface area contributed by atoms with Crippen molar-refractivity contribution in [3.63, 3.8) is 0 Å². The van der Waals surface area contributed by atoms with E-state index in [-0.39, 0.29) is 6.10 Å². The molecule has 0 aromatic heterocycles. The van der Waals surface area contributed by atoms with Crippen LogP contribution in [-0.4, -0.2) is 24.2 Å². The van der Waals surface area contributed by atoms with Crippen molar-refractivity contribution in [3.05, 3.63) is 63.1 Å². The highest BCUT2D eigenvalue weighted by atomic mass is 79.9. The molecule has 2 aromatic rings. The summed E-state index contributed by atoms with van der Waals surface area (Å²) in [4.78, 5) is 11.0. The molecule has 1 aliphatic carbocycles. The summed E-state index contributed by atoms with van der Waals surface area (Å²) in [6.45, 7) is 2.16. The normalized spacial score (nSPS) is 28.5. The lowest BCUT2D eigenvalue weighted by atomic mass is 9.76. The van der Waals surface area contributed by atoms with Crippen LogP contribution in [0.25, 0.3) is 0 Å². The topological polar surface area (TPSA) is 60.1 Å². The van der Waals surface area contributed by atoms with Gasteiger partial charge in [0.15, 0.2) is 0 Å².